The van der Waals surface area contributed by atoms with Crippen LogP contribution in [0.2, 0.25) is 0 Å². The zero-order chi connectivity index (χ0) is 13.8. The third kappa shape index (κ3) is 3.32. The molecule has 1 aromatic heterocycles. The van der Waals surface area contributed by atoms with Crippen molar-refractivity contribution in [3.63, 3.8) is 0 Å². The largest absolute Gasteiger partial charge is 0.336 e. The topological polar surface area (TPSA) is 73.9 Å². The van der Waals surface area contributed by atoms with Crippen molar-refractivity contribution in [2.45, 2.75) is 45.1 Å². The number of nitrogens with one attached hydrogen (secondary N) is 2. The number of carbonyl (C=O) groups is 1. The summed E-state index contributed by atoms with van der Waals surface area (Å²) in [6.07, 6.45) is 3.13. The number of aromatic nitrogens is 3. The molecule has 1 amide bonds. The molecule has 19 heavy (non-hydrogen) atoms. The van der Waals surface area contributed by atoms with Crippen LogP contribution >= 0.6 is 0 Å². The van der Waals surface area contributed by atoms with Gasteiger partial charge in [-0.05, 0) is 32.4 Å². The highest BCUT2D eigenvalue weighted by Crippen LogP contribution is 2.14. The maximum absolute atomic E-state index is 12.4. The molecule has 2 rings (SSSR count). The first kappa shape index (κ1) is 14.0. The minimum Gasteiger partial charge on any atom is -0.336 e. The molecule has 1 aliphatic rings. The second-order valence-electron chi connectivity index (χ2n) is 5.45. The molecule has 1 saturated heterocycles. The fourth-order valence-corrected chi connectivity index (χ4v) is 2.34. The van der Waals surface area contributed by atoms with E-state index in [4.69, 9.17) is 0 Å². The van der Waals surface area contributed by atoms with Crippen LogP contribution in [0.25, 0.3) is 0 Å². The molecule has 1 atom stereocenters. The van der Waals surface area contributed by atoms with Gasteiger partial charge in [0, 0.05) is 19.0 Å². The first-order valence-corrected chi connectivity index (χ1v) is 6.99. The minimum atomic E-state index is -0.0879. The second kappa shape index (κ2) is 6.14. The summed E-state index contributed by atoms with van der Waals surface area (Å²) >= 11 is 0. The first-order valence-electron chi connectivity index (χ1n) is 6.99. The van der Waals surface area contributed by atoms with E-state index in [0.29, 0.717) is 0 Å². The summed E-state index contributed by atoms with van der Waals surface area (Å²) < 4.78 is 0. The summed E-state index contributed by atoms with van der Waals surface area (Å²) in [5.41, 5.74) is 0. The Bertz CT molecular complexity index is 420. The number of amides is 1. The highest BCUT2D eigenvalue weighted by Gasteiger charge is 2.25. The van der Waals surface area contributed by atoms with Crippen molar-refractivity contribution in [1.82, 2.24) is 25.4 Å². The monoisotopic (exact) mass is 265 g/mol. The molecule has 1 unspecified atom stereocenters. The number of rotatable bonds is 3. The third-order valence-electron chi connectivity index (χ3n) is 3.65. The molecular weight excluding hydrogens is 242 g/mol. The van der Waals surface area contributed by atoms with Crippen LogP contribution in [-0.4, -0.2) is 52.2 Å². The van der Waals surface area contributed by atoms with E-state index in [-0.39, 0.29) is 23.7 Å². The van der Waals surface area contributed by atoms with Gasteiger partial charge in [-0.3, -0.25) is 9.89 Å². The van der Waals surface area contributed by atoms with Crippen LogP contribution in [0.5, 0.6) is 0 Å². The Morgan fingerprint density at radius 2 is 2.16 bits per heavy atom. The summed E-state index contributed by atoms with van der Waals surface area (Å²) in [7, 11) is 1.85. The quantitative estimate of drug-likeness (QED) is 0.859. The normalized spacial score (nSPS) is 20.3. The molecule has 0 radical (unpaired) electrons. The van der Waals surface area contributed by atoms with Gasteiger partial charge in [-0.15, -0.1) is 5.10 Å². The molecule has 0 aromatic carbocycles. The lowest BCUT2D eigenvalue weighted by molar-refractivity contribution is 0.0708. The van der Waals surface area contributed by atoms with Gasteiger partial charge >= 0.3 is 0 Å². The Kier molecular flexibility index (Phi) is 4.52. The molecule has 0 spiro atoms. The summed E-state index contributed by atoms with van der Waals surface area (Å²) in [6, 6.07) is 0.281. The molecule has 0 aliphatic carbocycles. The average Bonchev–Trinajstić information content (AvgIpc) is 2.73. The third-order valence-corrected chi connectivity index (χ3v) is 3.65. The summed E-state index contributed by atoms with van der Waals surface area (Å²) in [4.78, 5) is 18.4. The molecule has 1 aliphatic heterocycles. The van der Waals surface area contributed by atoms with Crippen molar-refractivity contribution in [3.8, 4) is 0 Å². The SMILES string of the molecule is CC(C)c1nc(C(=O)N(C)C2CCCNCC2)n[nH]1. The molecule has 2 N–H and O–H groups in total. The van der Waals surface area contributed by atoms with Gasteiger partial charge in [0.2, 0.25) is 5.82 Å². The van der Waals surface area contributed by atoms with Crippen molar-refractivity contribution in [3.05, 3.63) is 11.6 Å². The second-order valence-corrected chi connectivity index (χ2v) is 5.45. The van der Waals surface area contributed by atoms with E-state index in [9.17, 15) is 4.79 Å². The van der Waals surface area contributed by atoms with Gasteiger partial charge in [-0.1, -0.05) is 13.8 Å². The standard InChI is InChI=1S/C13H23N5O/c1-9(2)11-15-12(17-16-11)13(19)18(3)10-5-4-7-14-8-6-10/h9-10,14H,4-8H2,1-3H3,(H,15,16,17). The Morgan fingerprint density at radius 3 is 2.84 bits per heavy atom. The summed E-state index contributed by atoms with van der Waals surface area (Å²) in [5.74, 6) is 1.21. The fraction of sp³-hybridized carbons (Fsp3) is 0.769. The molecule has 0 bridgehead atoms. The van der Waals surface area contributed by atoms with E-state index < -0.39 is 0 Å². The molecule has 1 fully saturated rings. The van der Waals surface area contributed by atoms with Gasteiger partial charge in [0.1, 0.15) is 5.82 Å². The summed E-state index contributed by atoms with van der Waals surface area (Å²) in [5, 5.41) is 10.2. The molecule has 2 heterocycles. The number of H-pyrrole nitrogens is 1. The van der Waals surface area contributed by atoms with Crippen LogP contribution in [0.4, 0.5) is 0 Å². The van der Waals surface area contributed by atoms with Gasteiger partial charge in [0.05, 0.1) is 0 Å². The van der Waals surface area contributed by atoms with Gasteiger partial charge in [0.15, 0.2) is 0 Å². The van der Waals surface area contributed by atoms with Crippen molar-refractivity contribution in [2.24, 2.45) is 0 Å². The van der Waals surface area contributed by atoms with Gasteiger partial charge in [0.25, 0.3) is 5.91 Å². The lowest BCUT2D eigenvalue weighted by atomic mass is 10.1. The van der Waals surface area contributed by atoms with Crippen LogP contribution in [0.3, 0.4) is 0 Å². The molecule has 1 aromatic rings. The number of aromatic amines is 1. The van der Waals surface area contributed by atoms with Crippen molar-refractivity contribution < 1.29 is 4.79 Å². The van der Waals surface area contributed by atoms with E-state index in [1.165, 1.54) is 0 Å². The highest BCUT2D eigenvalue weighted by molar-refractivity contribution is 5.90. The lowest BCUT2D eigenvalue weighted by Gasteiger charge is -2.25. The lowest BCUT2D eigenvalue weighted by Crippen LogP contribution is -2.38. The van der Waals surface area contributed by atoms with Crippen molar-refractivity contribution in [1.29, 1.82) is 0 Å². The van der Waals surface area contributed by atoms with E-state index in [1.54, 1.807) is 4.90 Å². The van der Waals surface area contributed by atoms with E-state index in [2.05, 4.69) is 20.5 Å². The van der Waals surface area contributed by atoms with Crippen LogP contribution in [0.1, 0.15) is 55.5 Å². The smallest absolute Gasteiger partial charge is 0.293 e. The van der Waals surface area contributed by atoms with E-state index in [0.717, 1.165) is 38.2 Å². The van der Waals surface area contributed by atoms with Crippen LogP contribution in [-0.2, 0) is 0 Å². The fourth-order valence-electron chi connectivity index (χ4n) is 2.34. The Labute approximate surface area is 114 Å². The maximum Gasteiger partial charge on any atom is 0.293 e. The number of hydrogen-bond donors (Lipinski definition) is 2. The maximum atomic E-state index is 12.4. The molecule has 6 nitrogen and oxygen atoms in total. The zero-order valence-corrected chi connectivity index (χ0v) is 11.9. The van der Waals surface area contributed by atoms with E-state index >= 15 is 0 Å². The molecule has 0 saturated carbocycles. The zero-order valence-electron chi connectivity index (χ0n) is 11.9. The van der Waals surface area contributed by atoms with Gasteiger partial charge in [-0.2, -0.15) is 0 Å². The Hall–Kier alpha value is -1.43. The van der Waals surface area contributed by atoms with E-state index in [1.807, 2.05) is 20.9 Å². The average molecular weight is 265 g/mol. The summed E-state index contributed by atoms with van der Waals surface area (Å²) in [6.45, 7) is 6.05. The van der Waals surface area contributed by atoms with Crippen LogP contribution in [0, 0.1) is 0 Å². The Balaban J connectivity index is 2.04. The van der Waals surface area contributed by atoms with Crippen LogP contribution < -0.4 is 5.32 Å². The predicted octanol–water partition coefficient (Wildman–Crippen LogP) is 1.14. The highest BCUT2D eigenvalue weighted by atomic mass is 16.2. The van der Waals surface area contributed by atoms with Crippen molar-refractivity contribution >= 4 is 5.91 Å². The number of nitrogens with zero attached hydrogens (tertiary/aromatic N) is 3. The van der Waals surface area contributed by atoms with Crippen LogP contribution in [0.15, 0.2) is 0 Å². The molecule has 6 heteroatoms. The number of hydrogen-bond acceptors (Lipinski definition) is 4. The Morgan fingerprint density at radius 1 is 1.37 bits per heavy atom. The predicted molar refractivity (Wildman–Crippen MR) is 73.1 cm³/mol. The van der Waals surface area contributed by atoms with Gasteiger partial charge in [-0.25, -0.2) is 4.98 Å². The minimum absolute atomic E-state index is 0.0879. The van der Waals surface area contributed by atoms with Gasteiger partial charge < -0.3 is 10.2 Å². The molecular formula is C13H23N5O. The molecule has 106 valence electrons. The first-order chi connectivity index (χ1) is 9.09. The van der Waals surface area contributed by atoms with Crippen molar-refractivity contribution in [2.75, 3.05) is 20.1 Å². The number of carbonyl (C=O) groups excluding carboxylic acids is 1.